The van der Waals surface area contributed by atoms with Gasteiger partial charge in [0.15, 0.2) is 0 Å². The first-order valence-electron chi connectivity index (χ1n) is 30.8. The number of benzene rings is 2. The van der Waals surface area contributed by atoms with Crippen LogP contribution in [0.3, 0.4) is 0 Å². The lowest BCUT2D eigenvalue weighted by Crippen LogP contribution is -2.63. The Morgan fingerprint density at radius 1 is 0.742 bits per heavy atom. The molecule has 5 saturated heterocycles. The summed E-state index contributed by atoms with van der Waals surface area (Å²) in [6.07, 6.45) is 3.58. The predicted molar refractivity (Wildman–Crippen MR) is 325 cm³/mol. The molecule has 10 rings (SSSR count). The van der Waals surface area contributed by atoms with Crippen molar-refractivity contribution < 1.29 is 75.6 Å². The predicted octanol–water partition coefficient (Wildman–Crippen LogP) is 6.38. The number of nitrogens with one attached hydrogen (secondary N) is 2. The van der Waals surface area contributed by atoms with Crippen LogP contribution in [0.5, 0.6) is 0 Å². The number of halogens is 4. The monoisotopic (exact) mass is 1240 g/mol. The lowest BCUT2D eigenvalue weighted by Gasteiger charge is -2.63. The zero-order valence-corrected chi connectivity index (χ0v) is 52.5. The molecule has 2 bridgehead atoms. The Hall–Kier alpha value is -6.03. The molecular formula is C62H87B3F4N8O12. The van der Waals surface area contributed by atoms with E-state index in [4.69, 9.17) is 28.8 Å². The van der Waals surface area contributed by atoms with Crippen LogP contribution in [0.2, 0.25) is 6.32 Å². The van der Waals surface area contributed by atoms with E-state index in [0.29, 0.717) is 49.9 Å². The standard InChI is InChI=1S/C34H45BF2N4O5.C24H31BF2N4O5.C4H11BO2/c1-31(2,41-14-12-34(36,37)21-41)17-23(19-38)29(42)40-13-11-25(20-40)44-30(43)39-27(15-22-9-7-6-8-10-22)35-45-28-26-16-24(32(26,3)4)18-33(28,5)46-35;1-23(2,31-11-9-24(26,27)16-31)13-18(14-28)21(32)30-10-8-19(15-30)36-22(33)29-20(25(34)35)12-17-6-4-3-5-7-17;1-4(2)3-5(6)7/h6-10,17,24-28H,11-16,18,20-21H2,1-5H3,(H,39,43);3-7,13,19-20,34-35H,8-12,15-16H2,1-2H3,(H,29,33);4,6-7H,3H2,1-2H3/t24-,25-,26+,27-,28-,33+;19-,20-;/m00./s1. The Balaban J connectivity index is 0.000000235. The molecule has 2 aromatic rings. The largest absolute Gasteiger partial charge is 0.482 e. The summed E-state index contributed by atoms with van der Waals surface area (Å²) in [5.41, 5.74) is -0.477. The summed E-state index contributed by atoms with van der Waals surface area (Å²) >= 11 is 0. The Bertz CT molecular complexity index is 2930. The van der Waals surface area contributed by atoms with E-state index in [-0.39, 0.29) is 74.7 Å². The molecule has 0 spiro atoms. The highest BCUT2D eigenvalue weighted by atomic mass is 19.3. The Morgan fingerprint density at radius 3 is 1.60 bits per heavy atom. The van der Waals surface area contributed by atoms with Gasteiger partial charge in [-0.3, -0.25) is 19.4 Å². The third-order valence-electron chi connectivity index (χ3n) is 18.5. The summed E-state index contributed by atoms with van der Waals surface area (Å²) in [5, 5.41) is 60.7. The van der Waals surface area contributed by atoms with Crippen molar-refractivity contribution in [1.29, 1.82) is 10.5 Å². The minimum Gasteiger partial charge on any atom is -0.444 e. The van der Waals surface area contributed by atoms with Gasteiger partial charge in [-0.05, 0) is 113 Å². The molecule has 8 fully saturated rings. The first-order chi connectivity index (χ1) is 41.6. The SMILES string of the molecule is CC(C)(C=C(C#N)C(=O)N1CC[C@H](OC(=O)N[C@@H](Cc2ccccc2)B(O)O)C1)N1CCC(F)(F)C1.CC(C)CB(O)O.CC1(C)[C@H]2C[C@@H]1[C@@H]1OB([C@H](Cc3ccccc3)NC(=O)O[C@H]3CCN(C(=O)C(C#N)=CC(C)(C)N4CCC(F)(F)C4)C3)O[C@]1(C)C2. The average molecular weight is 1240 g/mol. The number of carbonyl (C=O) groups excluding carboxylic acids is 4. The summed E-state index contributed by atoms with van der Waals surface area (Å²) in [6.45, 7) is 17.6. The number of carbonyl (C=O) groups is 4. The number of likely N-dealkylation sites (tertiary alicyclic amines) is 4. The van der Waals surface area contributed by atoms with Gasteiger partial charge < -0.3 is 59.3 Å². The van der Waals surface area contributed by atoms with Crippen molar-refractivity contribution in [3.63, 3.8) is 0 Å². The van der Waals surface area contributed by atoms with E-state index in [1.165, 1.54) is 22.0 Å². The van der Waals surface area contributed by atoms with E-state index < -0.39 is 111 Å². The molecule has 20 nitrogen and oxygen atoms in total. The average Bonchev–Trinajstić information content (AvgIpc) is 1.64. The molecule has 8 atom stereocenters. The maximum Gasteiger partial charge on any atom is 0.482 e. The van der Waals surface area contributed by atoms with E-state index in [2.05, 4.69) is 31.4 Å². The molecule has 0 unspecified atom stereocenters. The fourth-order valence-electron chi connectivity index (χ4n) is 13.2. The van der Waals surface area contributed by atoms with Gasteiger partial charge in [0.25, 0.3) is 23.7 Å². The lowest BCUT2D eigenvalue weighted by molar-refractivity contribution is -0.185. The molecule has 89 heavy (non-hydrogen) atoms. The Kier molecular flexibility index (Phi) is 23.0. The van der Waals surface area contributed by atoms with Crippen molar-refractivity contribution in [3.05, 3.63) is 95.1 Å². The second-order valence-electron chi connectivity index (χ2n) is 27.2. The number of alkyl halides is 4. The molecule has 2 aromatic carbocycles. The van der Waals surface area contributed by atoms with Crippen LogP contribution >= 0.6 is 0 Å². The highest BCUT2D eigenvalue weighted by molar-refractivity contribution is 6.48. The van der Waals surface area contributed by atoms with Crippen molar-refractivity contribution in [2.45, 2.75) is 179 Å². The molecule has 5 aliphatic heterocycles. The summed E-state index contributed by atoms with van der Waals surface area (Å²) in [4.78, 5) is 57.9. The smallest absolute Gasteiger partial charge is 0.444 e. The second kappa shape index (κ2) is 29.1. The first kappa shape index (κ1) is 70.4. The van der Waals surface area contributed by atoms with Gasteiger partial charge in [0.1, 0.15) is 35.5 Å². The number of ether oxygens (including phenoxy) is 2. The molecule has 3 saturated carbocycles. The van der Waals surface area contributed by atoms with E-state index in [9.17, 15) is 57.3 Å². The van der Waals surface area contributed by atoms with Gasteiger partial charge >= 0.3 is 33.5 Å². The fourth-order valence-corrected chi connectivity index (χ4v) is 13.2. The zero-order chi connectivity index (χ0) is 65.4. The van der Waals surface area contributed by atoms with E-state index in [1.54, 1.807) is 61.8 Å². The number of amides is 4. The summed E-state index contributed by atoms with van der Waals surface area (Å²) in [5.74, 6) is -6.76. The molecule has 0 aromatic heterocycles. The van der Waals surface area contributed by atoms with Crippen LogP contribution in [-0.2, 0) is 41.2 Å². The van der Waals surface area contributed by atoms with Crippen LogP contribution in [0.25, 0.3) is 0 Å². The van der Waals surface area contributed by atoms with Crippen molar-refractivity contribution in [2.24, 2.45) is 23.2 Å². The quantitative estimate of drug-likeness (QED) is 0.0409. The number of nitrogens with zero attached hydrogens (tertiary/aromatic N) is 6. The van der Waals surface area contributed by atoms with Gasteiger partial charge in [0, 0.05) is 62.9 Å². The lowest BCUT2D eigenvalue weighted by atomic mass is 9.45. The van der Waals surface area contributed by atoms with Crippen LogP contribution in [0.4, 0.5) is 27.2 Å². The normalized spacial score (nSPS) is 26.0. The minimum absolute atomic E-state index is 0.0442. The van der Waals surface area contributed by atoms with Crippen molar-refractivity contribution in [1.82, 2.24) is 30.2 Å². The first-order valence-corrected chi connectivity index (χ1v) is 30.8. The summed E-state index contributed by atoms with van der Waals surface area (Å²) < 4.78 is 79.4. The topological polar surface area (TPSA) is 271 Å². The molecular weight excluding hydrogens is 1160 g/mol. The minimum atomic E-state index is -2.80. The molecule has 27 heteroatoms. The third kappa shape index (κ3) is 18.6. The van der Waals surface area contributed by atoms with Crippen LogP contribution in [-0.4, -0.2) is 196 Å². The van der Waals surface area contributed by atoms with Crippen molar-refractivity contribution >= 4 is 45.4 Å². The van der Waals surface area contributed by atoms with Gasteiger partial charge in [0.05, 0.1) is 49.8 Å². The van der Waals surface area contributed by atoms with Gasteiger partial charge in [-0.25, -0.2) is 27.2 Å². The van der Waals surface area contributed by atoms with E-state index in [1.807, 2.05) is 62.4 Å². The molecule has 0 radical (unpaired) electrons. The zero-order valence-electron chi connectivity index (χ0n) is 52.5. The van der Waals surface area contributed by atoms with Crippen molar-refractivity contribution in [2.75, 3.05) is 52.4 Å². The van der Waals surface area contributed by atoms with Gasteiger partial charge in [-0.1, -0.05) is 88.4 Å². The second-order valence-corrected chi connectivity index (χ2v) is 27.2. The van der Waals surface area contributed by atoms with Crippen LogP contribution < -0.4 is 10.6 Å². The fraction of sp³-hybridized carbons (Fsp3) is 0.645. The van der Waals surface area contributed by atoms with E-state index >= 15 is 0 Å². The van der Waals surface area contributed by atoms with Gasteiger partial charge in [-0.2, -0.15) is 10.5 Å². The molecule has 484 valence electrons. The summed E-state index contributed by atoms with van der Waals surface area (Å²) in [6, 6.07) is 22.7. The number of hydrogen-bond acceptors (Lipinski definition) is 16. The maximum absolute atomic E-state index is 13.8. The Morgan fingerprint density at radius 2 is 1.20 bits per heavy atom. The van der Waals surface area contributed by atoms with Gasteiger partial charge in [-0.15, -0.1) is 0 Å². The molecule has 3 aliphatic carbocycles. The molecule has 5 heterocycles. The van der Waals surface area contributed by atoms with E-state index in [0.717, 1.165) is 24.0 Å². The van der Waals surface area contributed by atoms with Crippen molar-refractivity contribution in [3.8, 4) is 12.1 Å². The highest BCUT2D eigenvalue weighted by Gasteiger charge is 2.67. The number of rotatable bonds is 18. The summed E-state index contributed by atoms with van der Waals surface area (Å²) in [7, 11) is -3.57. The van der Waals surface area contributed by atoms with Crippen LogP contribution in [0.1, 0.15) is 112 Å². The van der Waals surface area contributed by atoms with Crippen LogP contribution in [0, 0.1) is 45.8 Å². The molecule has 8 aliphatic rings. The maximum atomic E-state index is 13.8. The number of alkyl carbamates (subject to hydrolysis) is 2. The molecule has 4 amide bonds. The number of nitriles is 2. The van der Waals surface area contributed by atoms with Crippen LogP contribution in [0.15, 0.2) is 84.0 Å². The number of hydrogen-bond donors (Lipinski definition) is 6. The highest BCUT2D eigenvalue weighted by Crippen LogP contribution is 2.64. The third-order valence-corrected chi connectivity index (χ3v) is 18.5. The van der Waals surface area contributed by atoms with Gasteiger partial charge in [0.2, 0.25) is 0 Å². The molecule has 6 N–H and O–H groups in total. The Labute approximate surface area is 521 Å².